The van der Waals surface area contributed by atoms with E-state index in [-0.39, 0.29) is 0 Å². The van der Waals surface area contributed by atoms with Crippen molar-refractivity contribution in [1.82, 2.24) is 0 Å². The maximum Gasteiger partial charge on any atom is 0.0802 e. The molecule has 0 spiro atoms. The molecule has 0 aliphatic heterocycles. The van der Waals surface area contributed by atoms with Crippen LogP contribution < -0.4 is 0 Å². The van der Waals surface area contributed by atoms with Crippen molar-refractivity contribution in [3.63, 3.8) is 0 Å². The topological polar surface area (TPSA) is 40.5 Å². The van der Waals surface area contributed by atoms with Crippen molar-refractivity contribution in [3.8, 4) is 0 Å². The molecule has 0 bridgehead atoms. The second kappa shape index (κ2) is 6.80. The average Bonchev–Trinajstić information content (AvgIpc) is 2.18. The van der Waals surface area contributed by atoms with Crippen LogP contribution in [0.5, 0.6) is 0 Å². The monoisotopic (exact) mass is 196 g/mol. The summed E-state index contributed by atoms with van der Waals surface area (Å²) in [6.07, 6.45) is 12.6. The third-order valence-corrected chi connectivity index (χ3v) is 2.54. The molecule has 0 aromatic heterocycles. The number of rotatable bonds is 0. The van der Waals surface area contributed by atoms with Crippen LogP contribution in [0.25, 0.3) is 0 Å². The average molecular weight is 196 g/mol. The minimum atomic E-state index is -0.563. The molecule has 2 N–H and O–H groups in total. The van der Waals surface area contributed by atoms with E-state index in [1.165, 1.54) is 0 Å². The lowest BCUT2D eigenvalue weighted by atomic mass is 10.0. The van der Waals surface area contributed by atoms with Gasteiger partial charge in [0.15, 0.2) is 0 Å². The van der Waals surface area contributed by atoms with Crippen LogP contribution in [0.15, 0.2) is 24.3 Å². The van der Waals surface area contributed by atoms with Crippen molar-refractivity contribution in [2.45, 2.75) is 50.7 Å². The summed E-state index contributed by atoms with van der Waals surface area (Å²) >= 11 is 0. The molecule has 0 aromatic rings. The Morgan fingerprint density at radius 2 is 1.00 bits per heavy atom. The summed E-state index contributed by atoms with van der Waals surface area (Å²) in [5.41, 5.74) is 0. The van der Waals surface area contributed by atoms with Gasteiger partial charge in [0, 0.05) is 0 Å². The van der Waals surface area contributed by atoms with Gasteiger partial charge in [-0.15, -0.1) is 0 Å². The van der Waals surface area contributed by atoms with Gasteiger partial charge in [-0.1, -0.05) is 24.3 Å². The van der Waals surface area contributed by atoms with E-state index in [9.17, 15) is 10.2 Å². The van der Waals surface area contributed by atoms with E-state index in [0.717, 1.165) is 25.7 Å². The van der Waals surface area contributed by atoms with Crippen molar-refractivity contribution in [1.29, 1.82) is 0 Å². The normalized spacial score (nSPS) is 35.3. The molecule has 0 aromatic carbocycles. The summed E-state index contributed by atoms with van der Waals surface area (Å²) < 4.78 is 0. The van der Waals surface area contributed by atoms with Crippen molar-refractivity contribution in [2.24, 2.45) is 0 Å². The van der Waals surface area contributed by atoms with E-state index in [2.05, 4.69) is 24.3 Å². The second-order valence-corrected chi connectivity index (χ2v) is 3.81. The smallest absolute Gasteiger partial charge is 0.0802 e. The van der Waals surface area contributed by atoms with Crippen LogP contribution in [-0.4, -0.2) is 22.4 Å². The van der Waals surface area contributed by atoms with Crippen LogP contribution in [-0.2, 0) is 0 Å². The summed E-state index contributed by atoms with van der Waals surface area (Å²) in [5, 5.41) is 19.1. The minimum absolute atomic E-state index is 0.563. The molecular formula is C12H20O2. The third kappa shape index (κ3) is 4.58. The molecule has 0 fully saturated rings. The van der Waals surface area contributed by atoms with E-state index >= 15 is 0 Å². The first-order valence-corrected chi connectivity index (χ1v) is 5.47. The van der Waals surface area contributed by atoms with Gasteiger partial charge in [-0.3, -0.25) is 0 Å². The molecule has 1 aliphatic rings. The third-order valence-electron chi connectivity index (χ3n) is 2.54. The lowest BCUT2D eigenvalue weighted by molar-refractivity contribution is 0.0111. The predicted octanol–water partition coefficient (Wildman–Crippen LogP) is 2.17. The number of allylic oxidation sites excluding steroid dienone is 4. The molecule has 2 nitrogen and oxygen atoms in total. The van der Waals surface area contributed by atoms with Gasteiger partial charge in [-0.2, -0.15) is 0 Å². The zero-order valence-corrected chi connectivity index (χ0v) is 8.60. The molecule has 0 unspecified atom stereocenters. The van der Waals surface area contributed by atoms with Crippen molar-refractivity contribution < 1.29 is 10.2 Å². The van der Waals surface area contributed by atoms with Crippen molar-refractivity contribution >= 4 is 0 Å². The first-order valence-electron chi connectivity index (χ1n) is 5.47. The molecule has 0 saturated heterocycles. The van der Waals surface area contributed by atoms with Gasteiger partial charge in [-0.25, -0.2) is 0 Å². The van der Waals surface area contributed by atoms with Gasteiger partial charge in [-0.05, 0) is 38.5 Å². The van der Waals surface area contributed by atoms with Crippen LogP contribution in [0.3, 0.4) is 0 Å². The molecule has 2 heteroatoms. The van der Waals surface area contributed by atoms with Crippen LogP contribution in [0.4, 0.5) is 0 Å². The molecule has 1 rings (SSSR count). The van der Waals surface area contributed by atoms with Gasteiger partial charge in [0.1, 0.15) is 0 Å². The molecule has 0 heterocycles. The molecule has 0 amide bonds. The summed E-state index contributed by atoms with van der Waals surface area (Å²) in [7, 11) is 0. The van der Waals surface area contributed by atoms with Crippen LogP contribution >= 0.6 is 0 Å². The number of aliphatic hydroxyl groups excluding tert-OH is 2. The molecule has 80 valence electrons. The zero-order chi connectivity index (χ0) is 10.2. The maximum atomic E-state index is 9.55. The number of hydrogen-bond donors (Lipinski definition) is 2. The molecule has 14 heavy (non-hydrogen) atoms. The Balaban J connectivity index is 2.41. The number of hydrogen-bond acceptors (Lipinski definition) is 2. The Kier molecular flexibility index (Phi) is 5.57. The van der Waals surface area contributed by atoms with E-state index < -0.39 is 12.2 Å². The first-order chi connectivity index (χ1) is 6.80. The predicted molar refractivity (Wildman–Crippen MR) is 58.0 cm³/mol. The van der Waals surface area contributed by atoms with Gasteiger partial charge < -0.3 is 10.2 Å². The Hall–Kier alpha value is -0.600. The molecule has 1 aliphatic carbocycles. The quantitative estimate of drug-likeness (QED) is 0.583. The van der Waals surface area contributed by atoms with E-state index in [4.69, 9.17) is 0 Å². The summed E-state index contributed by atoms with van der Waals surface area (Å²) in [4.78, 5) is 0. The zero-order valence-electron chi connectivity index (χ0n) is 8.60. The highest BCUT2D eigenvalue weighted by atomic mass is 16.3. The molecule has 0 radical (unpaired) electrons. The number of aliphatic hydroxyl groups is 2. The Morgan fingerprint density at radius 3 is 1.43 bits per heavy atom. The highest BCUT2D eigenvalue weighted by Gasteiger charge is 2.14. The SMILES string of the molecule is O[C@@H]1CC/C=C/CC/C=C\CC[C@@H]1O. The Bertz CT molecular complexity index is 174. The fraction of sp³-hybridized carbons (Fsp3) is 0.667. The maximum absolute atomic E-state index is 9.55. The van der Waals surface area contributed by atoms with Gasteiger partial charge in [0.2, 0.25) is 0 Å². The fourth-order valence-corrected chi connectivity index (χ4v) is 1.58. The van der Waals surface area contributed by atoms with Crippen LogP contribution in [0, 0.1) is 0 Å². The summed E-state index contributed by atoms with van der Waals surface area (Å²) in [6.45, 7) is 0. The highest BCUT2D eigenvalue weighted by molar-refractivity contribution is 4.90. The van der Waals surface area contributed by atoms with Crippen LogP contribution in [0.1, 0.15) is 38.5 Å². The van der Waals surface area contributed by atoms with E-state index in [1.54, 1.807) is 0 Å². The lowest BCUT2D eigenvalue weighted by Gasteiger charge is -2.16. The standard InChI is InChI=1S/C12H20O2/c13-11-9-7-5-3-1-2-4-6-8-10-12(11)14/h3-6,11-14H,1-2,7-10H2/b5-3-,6-4+/t11-,12+/m0/s1. The molecule has 0 saturated carbocycles. The summed E-state index contributed by atoms with van der Waals surface area (Å²) in [6, 6.07) is 0. The van der Waals surface area contributed by atoms with Crippen molar-refractivity contribution in [2.75, 3.05) is 0 Å². The van der Waals surface area contributed by atoms with Crippen molar-refractivity contribution in [3.05, 3.63) is 24.3 Å². The first kappa shape index (κ1) is 11.5. The molecule has 2 atom stereocenters. The van der Waals surface area contributed by atoms with Gasteiger partial charge in [0.05, 0.1) is 12.2 Å². The largest absolute Gasteiger partial charge is 0.390 e. The molecular weight excluding hydrogens is 176 g/mol. The van der Waals surface area contributed by atoms with E-state index in [1.807, 2.05) is 0 Å². The van der Waals surface area contributed by atoms with Crippen LogP contribution in [0.2, 0.25) is 0 Å². The lowest BCUT2D eigenvalue weighted by Crippen LogP contribution is -2.25. The Labute approximate surface area is 86.0 Å². The second-order valence-electron chi connectivity index (χ2n) is 3.81. The Morgan fingerprint density at radius 1 is 0.643 bits per heavy atom. The van der Waals surface area contributed by atoms with Gasteiger partial charge in [0.25, 0.3) is 0 Å². The van der Waals surface area contributed by atoms with E-state index in [0.29, 0.717) is 12.8 Å². The minimum Gasteiger partial charge on any atom is -0.390 e. The highest BCUT2D eigenvalue weighted by Crippen LogP contribution is 2.10. The summed E-state index contributed by atoms with van der Waals surface area (Å²) in [5.74, 6) is 0. The van der Waals surface area contributed by atoms with Gasteiger partial charge >= 0.3 is 0 Å². The fourth-order valence-electron chi connectivity index (χ4n) is 1.58.